The van der Waals surface area contributed by atoms with Gasteiger partial charge in [-0.05, 0) is 79.5 Å². The lowest BCUT2D eigenvalue weighted by atomic mass is 9.72. The van der Waals surface area contributed by atoms with E-state index in [0.717, 1.165) is 94.9 Å². The summed E-state index contributed by atoms with van der Waals surface area (Å²) >= 11 is 0. The lowest BCUT2D eigenvalue weighted by Crippen LogP contribution is -2.63. The molecule has 15 nitrogen and oxygen atoms in total. The number of piperidine rings is 3. The van der Waals surface area contributed by atoms with Crippen molar-refractivity contribution in [1.82, 2.24) is 30.0 Å². The van der Waals surface area contributed by atoms with Gasteiger partial charge in [-0.15, -0.1) is 4.98 Å². The number of nitrogens with zero attached hydrogens (tertiary/aromatic N) is 9. The number of benzene rings is 1. The topological polar surface area (TPSA) is 142 Å². The van der Waals surface area contributed by atoms with Gasteiger partial charge >= 0.3 is 6.18 Å². The summed E-state index contributed by atoms with van der Waals surface area (Å²) in [5, 5.41) is 5.28. The molecule has 9 rings (SSSR count). The number of anilines is 4. The monoisotopic (exact) mass is 839 g/mol. The van der Waals surface area contributed by atoms with Crippen molar-refractivity contribution < 1.29 is 32.3 Å². The lowest BCUT2D eigenvalue weighted by Gasteiger charge is -2.55. The quantitative estimate of drug-likeness (QED) is 0.247. The minimum absolute atomic E-state index is 0.146. The zero-order valence-corrected chi connectivity index (χ0v) is 33.8. The highest BCUT2D eigenvalue weighted by atomic mass is 19.4. The van der Waals surface area contributed by atoms with Gasteiger partial charge in [0.1, 0.15) is 18.1 Å². The van der Waals surface area contributed by atoms with Crippen LogP contribution in [0.25, 0.3) is 4.85 Å². The number of likely N-dealkylation sites (tertiary alicyclic amines) is 1. The van der Waals surface area contributed by atoms with Gasteiger partial charge in [0.25, 0.3) is 11.7 Å². The van der Waals surface area contributed by atoms with Crippen molar-refractivity contribution in [3.05, 3.63) is 76.9 Å². The Hall–Kier alpha value is -5.80. The van der Waals surface area contributed by atoms with Gasteiger partial charge < -0.3 is 29.8 Å². The number of imide groups is 1. The minimum atomic E-state index is -4.67. The predicted molar refractivity (Wildman–Crippen MR) is 220 cm³/mol. The number of carbonyl (C=O) groups is 4. The number of carbonyl (C=O) groups excluding carboxylic acids is 4. The van der Waals surface area contributed by atoms with Crippen LogP contribution in [0.1, 0.15) is 60.0 Å². The number of alkyl halides is 3. The van der Waals surface area contributed by atoms with Crippen LogP contribution in [0.15, 0.2) is 48.8 Å². The van der Waals surface area contributed by atoms with Crippen molar-refractivity contribution in [3.63, 3.8) is 0 Å². The first kappa shape index (κ1) is 40.6. The van der Waals surface area contributed by atoms with E-state index in [9.17, 15) is 32.3 Å². The SMILES string of the molecule is [C-]#[N+]c1ncc(N2CCC(C(=O)Nc3ccc(N4CCN(CN5CC6(CCN(c7ccc8c(c7)CN(C7CCC(=O)NC7=O)C8=O)CC6)C5)CC4)cn3)CC2)cc1C(F)(F)F. The number of pyridine rings is 2. The highest BCUT2D eigenvalue weighted by Gasteiger charge is 2.46. The van der Waals surface area contributed by atoms with E-state index in [1.165, 1.54) is 6.20 Å². The third kappa shape index (κ3) is 8.32. The van der Waals surface area contributed by atoms with Gasteiger partial charge in [-0.1, -0.05) is 6.57 Å². The van der Waals surface area contributed by atoms with Gasteiger partial charge in [0.15, 0.2) is 0 Å². The van der Waals surface area contributed by atoms with E-state index in [2.05, 4.69) is 51.1 Å². The van der Waals surface area contributed by atoms with Gasteiger partial charge in [0.2, 0.25) is 17.7 Å². The summed E-state index contributed by atoms with van der Waals surface area (Å²) < 4.78 is 40.3. The summed E-state index contributed by atoms with van der Waals surface area (Å²) in [5.41, 5.74) is 3.26. The molecule has 3 aromatic rings. The van der Waals surface area contributed by atoms with E-state index in [4.69, 9.17) is 6.57 Å². The molecule has 6 aliphatic heterocycles. The molecule has 8 heterocycles. The largest absolute Gasteiger partial charge is 0.409 e. The molecule has 2 aromatic heterocycles. The second-order valence-electron chi connectivity index (χ2n) is 17.3. The van der Waals surface area contributed by atoms with Crippen molar-refractivity contribution in [2.75, 3.05) is 92.1 Å². The molecular weight excluding hydrogens is 792 g/mol. The normalized spacial score (nSPS) is 22.5. The van der Waals surface area contributed by atoms with Crippen LogP contribution in [0.3, 0.4) is 0 Å². The Bertz CT molecular complexity index is 2230. The van der Waals surface area contributed by atoms with Crippen molar-refractivity contribution in [3.8, 4) is 0 Å². The zero-order valence-electron chi connectivity index (χ0n) is 33.8. The highest BCUT2D eigenvalue weighted by Crippen LogP contribution is 2.42. The molecule has 1 aromatic carbocycles. The van der Waals surface area contributed by atoms with Crippen molar-refractivity contribution in [2.45, 2.75) is 57.3 Å². The van der Waals surface area contributed by atoms with E-state index < -0.39 is 29.5 Å². The fraction of sp³-hybridized carbons (Fsp3) is 0.512. The molecule has 2 N–H and O–H groups in total. The van der Waals surface area contributed by atoms with E-state index in [0.29, 0.717) is 55.7 Å². The van der Waals surface area contributed by atoms with Crippen LogP contribution in [0.2, 0.25) is 0 Å². The Morgan fingerprint density at radius 2 is 1.52 bits per heavy atom. The van der Waals surface area contributed by atoms with Gasteiger partial charge in [0.05, 0.1) is 29.8 Å². The molecule has 1 spiro atoms. The molecule has 0 radical (unpaired) electrons. The second-order valence-corrected chi connectivity index (χ2v) is 17.3. The van der Waals surface area contributed by atoms with Crippen LogP contribution >= 0.6 is 0 Å². The predicted octanol–water partition coefficient (Wildman–Crippen LogP) is 4.34. The smallest absolute Gasteiger partial charge is 0.371 e. The summed E-state index contributed by atoms with van der Waals surface area (Å²) in [4.78, 5) is 74.6. The third-order valence-corrected chi connectivity index (χ3v) is 13.4. The number of fused-ring (bicyclic) bond motifs is 1. The average Bonchev–Trinajstić information content (AvgIpc) is 3.58. The van der Waals surface area contributed by atoms with Crippen LogP contribution in [0.5, 0.6) is 0 Å². The molecule has 1 unspecified atom stereocenters. The Labute approximate surface area is 351 Å². The number of rotatable bonds is 8. The fourth-order valence-corrected chi connectivity index (χ4v) is 9.94. The van der Waals surface area contributed by atoms with Crippen LogP contribution in [0.4, 0.5) is 41.9 Å². The first-order valence-corrected chi connectivity index (χ1v) is 21.0. The zero-order chi connectivity index (χ0) is 42.5. The maximum absolute atomic E-state index is 13.4. The van der Waals surface area contributed by atoms with Crippen LogP contribution in [0, 0.1) is 17.9 Å². The Balaban J connectivity index is 0.684. The Kier molecular flexibility index (Phi) is 10.8. The highest BCUT2D eigenvalue weighted by molar-refractivity contribution is 6.05. The summed E-state index contributed by atoms with van der Waals surface area (Å²) in [6.45, 7) is 16.9. The average molecular weight is 840 g/mol. The number of aromatic nitrogens is 2. The molecule has 61 heavy (non-hydrogen) atoms. The summed E-state index contributed by atoms with van der Waals surface area (Å²) in [7, 11) is 0. The molecule has 0 saturated carbocycles. The number of hydrogen-bond acceptors (Lipinski definition) is 11. The third-order valence-electron chi connectivity index (χ3n) is 13.4. The van der Waals surface area contributed by atoms with Crippen molar-refractivity contribution in [2.24, 2.45) is 11.3 Å². The first-order valence-electron chi connectivity index (χ1n) is 21.0. The molecule has 4 amide bonds. The second kappa shape index (κ2) is 16.2. The Morgan fingerprint density at radius 3 is 2.20 bits per heavy atom. The Morgan fingerprint density at radius 1 is 0.836 bits per heavy atom. The number of hydrogen-bond donors (Lipinski definition) is 2. The molecule has 6 aliphatic rings. The van der Waals surface area contributed by atoms with E-state index in [1.807, 2.05) is 24.3 Å². The van der Waals surface area contributed by atoms with Crippen molar-refractivity contribution >= 4 is 52.3 Å². The maximum atomic E-state index is 13.4. The summed E-state index contributed by atoms with van der Waals surface area (Å²) in [6, 6.07) is 10.2. The van der Waals surface area contributed by atoms with E-state index in [1.54, 1.807) is 16.0 Å². The van der Waals surface area contributed by atoms with Gasteiger partial charge in [-0.2, -0.15) is 13.2 Å². The molecule has 320 valence electrons. The first-order chi connectivity index (χ1) is 29.3. The van der Waals surface area contributed by atoms with Gasteiger partial charge in [0, 0.05) is 95.6 Å². The van der Waals surface area contributed by atoms with E-state index in [-0.39, 0.29) is 35.7 Å². The van der Waals surface area contributed by atoms with Gasteiger partial charge in [-0.3, -0.25) is 34.3 Å². The fourth-order valence-electron chi connectivity index (χ4n) is 9.94. The number of amides is 4. The number of halogens is 3. The number of nitrogens with one attached hydrogen (secondary N) is 2. The van der Waals surface area contributed by atoms with Gasteiger partial charge in [-0.25, -0.2) is 4.98 Å². The summed E-state index contributed by atoms with van der Waals surface area (Å²) in [5.74, 6) is -1.50. The maximum Gasteiger partial charge on any atom is 0.409 e. The lowest BCUT2D eigenvalue weighted by molar-refractivity contribution is -0.138. The molecule has 5 saturated heterocycles. The van der Waals surface area contributed by atoms with Crippen LogP contribution in [-0.2, 0) is 27.1 Å². The minimum Gasteiger partial charge on any atom is -0.371 e. The molecular formula is C43H48F3N11O4. The molecule has 5 fully saturated rings. The summed E-state index contributed by atoms with van der Waals surface area (Å²) in [6.07, 6.45) is 2.17. The molecule has 0 aliphatic carbocycles. The van der Waals surface area contributed by atoms with Crippen molar-refractivity contribution in [1.29, 1.82) is 0 Å². The standard InChI is InChI=1S/C43H48F3N11O4/c1-47-38-34(43(44,45)46)21-32(23-49-38)54-12-8-28(9-13-54)39(59)50-36-6-3-31(22-48-36)56-18-16-52(17-19-56)27-53-25-42(26-53)10-14-55(15-11-42)30-2-4-33-29(20-30)24-57(41(33)61)35-5-7-37(58)51-40(35)60/h2-4,6,20-23,28,35H,5,7-19,24-27H2,(H,48,50,59)(H,51,58,60). The molecule has 0 bridgehead atoms. The van der Waals surface area contributed by atoms with Crippen LogP contribution < -0.4 is 25.3 Å². The van der Waals surface area contributed by atoms with Crippen LogP contribution in [-0.4, -0.2) is 126 Å². The molecule has 1 atom stereocenters. The van der Waals surface area contributed by atoms with E-state index >= 15 is 0 Å². The molecule has 18 heteroatoms. The number of piperazine rings is 1.